The fourth-order valence-corrected chi connectivity index (χ4v) is 2.51. The summed E-state index contributed by atoms with van der Waals surface area (Å²) >= 11 is 6.10. The van der Waals surface area contributed by atoms with E-state index >= 15 is 0 Å². The Hall–Kier alpha value is -1.39. The van der Waals surface area contributed by atoms with Gasteiger partial charge in [0, 0.05) is 35.6 Å². The average Bonchev–Trinajstić information content (AvgIpc) is 2.78. The van der Waals surface area contributed by atoms with Crippen LogP contribution in [0.15, 0.2) is 30.5 Å². The Morgan fingerprint density at radius 3 is 2.79 bits per heavy atom. The molecule has 1 aromatic heterocycles. The minimum atomic E-state index is -0.267. The van der Waals surface area contributed by atoms with Gasteiger partial charge < -0.3 is 5.32 Å². The predicted octanol–water partition coefficient (Wildman–Crippen LogP) is 3.11. The SMILES string of the molecule is CNC(CCc1ccnn1C)c1c(F)cccc1Cl. The van der Waals surface area contributed by atoms with Crippen LogP contribution in [0.2, 0.25) is 5.02 Å². The van der Waals surface area contributed by atoms with Crippen molar-refractivity contribution >= 4 is 11.6 Å². The first-order chi connectivity index (χ1) is 9.13. The normalized spacial score (nSPS) is 12.6. The summed E-state index contributed by atoms with van der Waals surface area (Å²) in [5.41, 5.74) is 1.65. The standard InChI is InChI=1S/C14H17ClFN3/c1-17-13(7-6-10-8-9-18-19(10)2)14-11(15)4-3-5-12(14)16/h3-5,8-9,13,17H,6-7H2,1-2H3. The maximum Gasteiger partial charge on any atom is 0.129 e. The van der Waals surface area contributed by atoms with Gasteiger partial charge in [-0.05, 0) is 38.1 Å². The van der Waals surface area contributed by atoms with E-state index in [4.69, 9.17) is 11.6 Å². The summed E-state index contributed by atoms with van der Waals surface area (Å²) in [4.78, 5) is 0. The van der Waals surface area contributed by atoms with Gasteiger partial charge in [0.05, 0.1) is 0 Å². The van der Waals surface area contributed by atoms with Crippen LogP contribution in [0.1, 0.15) is 23.7 Å². The number of nitrogens with zero attached hydrogens (tertiary/aromatic N) is 2. The zero-order valence-corrected chi connectivity index (χ0v) is 11.8. The van der Waals surface area contributed by atoms with Crippen molar-refractivity contribution in [3.8, 4) is 0 Å². The molecular weight excluding hydrogens is 265 g/mol. The summed E-state index contributed by atoms with van der Waals surface area (Å²) in [7, 11) is 3.72. The molecule has 0 saturated carbocycles. The predicted molar refractivity (Wildman–Crippen MR) is 74.7 cm³/mol. The van der Waals surface area contributed by atoms with Crippen molar-refractivity contribution in [2.75, 3.05) is 7.05 Å². The number of nitrogens with one attached hydrogen (secondary N) is 1. The van der Waals surface area contributed by atoms with Gasteiger partial charge in [-0.2, -0.15) is 5.10 Å². The van der Waals surface area contributed by atoms with Crippen LogP contribution in [0.4, 0.5) is 4.39 Å². The highest BCUT2D eigenvalue weighted by Gasteiger charge is 2.17. The van der Waals surface area contributed by atoms with Gasteiger partial charge >= 0.3 is 0 Å². The van der Waals surface area contributed by atoms with Crippen LogP contribution in [0.5, 0.6) is 0 Å². The summed E-state index contributed by atoms with van der Waals surface area (Å²) in [5.74, 6) is -0.267. The zero-order valence-electron chi connectivity index (χ0n) is 11.0. The van der Waals surface area contributed by atoms with Crippen LogP contribution < -0.4 is 5.32 Å². The molecule has 0 saturated heterocycles. The van der Waals surface area contributed by atoms with Crippen LogP contribution >= 0.6 is 11.6 Å². The molecule has 3 nitrogen and oxygen atoms in total. The minimum Gasteiger partial charge on any atom is -0.313 e. The van der Waals surface area contributed by atoms with Crippen LogP contribution in [-0.4, -0.2) is 16.8 Å². The molecule has 0 amide bonds. The highest BCUT2D eigenvalue weighted by molar-refractivity contribution is 6.31. The summed E-state index contributed by atoms with van der Waals surface area (Å²) in [6.07, 6.45) is 3.34. The fraction of sp³-hybridized carbons (Fsp3) is 0.357. The summed E-state index contributed by atoms with van der Waals surface area (Å²) in [5, 5.41) is 7.71. The molecule has 0 fully saturated rings. The molecule has 0 aliphatic rings. The first-order valence-electron chi connectivity index (χ1n) is 6.21. The summed E-state index contributed by atoms with van der Waals surface area (Å²) < 4.78 is 15.7. The lowest BCUT2D eigenvalue weighted by molar-refractivity contribution is 0.501. The molecule has 0 aliphatic heterocycles. The molecule has 5 heteroatoms. The fourth-order valence-electron chi connectivity index (χ4n) is 2.22. The van der Waals surface area contributed by atoms with Crippen LogP contribution in [0.25, 0.3) is 0 Å². The van der Waals surface area contributed by atoms with Gasteiger partial charge in [0.15, 0.2) is 0 Å². The molecule has 1 unspecified atom stereocenters. The van der Waals surface area contributed by atoms with Gasteiger partial charge in [-0.1, -0.05) is 17.7 Å². The third kappa shape index (κ3) is 3.14. The van der Waals surface area contributed by atoms with Crippen molar-refractivity contribution < 1.29 is 4.39 Å². The largest absolute Gasteiger partial charge is 0.313 e. The van der Waals surface area contributed by atoms with E-state index < -0.39 is 0 Å². The van der Waals surface area contributed by atoms with E-state index in [-0.39, 0.29) is 11.9 Å². The quantitative estimate of drug-likeness (QED) is 0.913. The lowest BCUT2D eigenvalue weighted by Gasteiger charge is -2.18. The average molecular weight is 282 g/mol. The van der Waals surface area contributed by atoms with Gasteiger partial charge in [0.1, 0.15) is 5.82 Å². The third-order valence-corrected chi connectivity index (χ3v) is 3.64. The lowest BCUT2D eigenvalue weighted by atomic mass is 10.0. The molecule has 1 aromatic carbocycles. The molecule has 0 bridgehead atoms. The molecule has 0 spiro atoms. The van der Waals surface area contributed by atoms with E-state index in [9.17, 15) is 4.39 Å². The molecule has 19 heavy (non-hydrogen) atoms. The Balaban J connectivity index is 2.15. The highest BCUT2D eigenvalue weighted by Crippen LogP contribution is 2.28. The maximum absolute atomic E-state index is 13.9. The van der Waals surface area contributed by atoms with Gasteiger partial charge in [-0.3, -0.25) is 4.68 Å². The molecule has 1 heterocycles. The Morgan fingerprint density at radius 1 is 1.42 bits per heavy atom. The van der Waals surface area contributed by atoms with E-state index in [2.05, 4.69) is 10.4 Å². The molecule has 1 atom stereocenters. The molecular formula is C14H17ClFN3. The molecule has 2 aromatic rings. The number of halogens is 2. The smallest absolute Gasteiger partial charge is 0.129 e. The molecule has 2 rings (SSSR count). The van der Waals surface area contributed by atoms with Gasteiger partial charge in [0.2, 0.25) is 0 Å². The Kier molecular flexibility index (Phi) is 4.56. The number of aryl methyl sites for hydroxylation is 2. The van der Waals surface area contributed by atoms with Crippen LogP contribution in [0.3, 0.4) is 0 Å². The minimum absolute atomic E-state index is 0.108. The first-order valence-corrected chi connectivity index (χ1v) is 6.59. The molecule has 0 radical (unpaired) electrons. The van der Waals surface area contributed by atoms with E-state index in [0.717, 1.165) is 18.5 Å². The van der Waals surface area contributed by atoms with Gasteiger partial charge in [-0.15, -0.1) is 0 Å². The Bertz CT molecular complexity index is 533. The summed E-state index contributed by atoms with van der Waals surface area (Å²) in [6.45, 7) is 0. The third-order valence-electron chi connectivity index (χ3n) is 3.31. The second-order valence-electron chi connectivity index (χ2n) is 4.46. The first kappa shape index (κ1) is 14.0. The van der Waals surface area contributed by atoms with E-state index in [1.165, 1.54) is 6.07 Å². The van der Waals surface area contributed by atoms with Crippen molar-refractivity contribution in [3.63, 3.8) is 0 Å². The van der Waals surface area contributed by atoms with Crippen LogP contribution in [-0.2, 0) is 13.5 Å². The maximum atomic E-state index is 13.9. The topological polar surface area (TPSA) is 29.9 Å². The van der Waals surface area contributed by atoms with Gasteiger partial charge in [0.25, 0.3) is 0 Å². The van der Waals surface area contributed by atoms with Crippen molar-refractivity contribution in [1.82, 2.24) is 15.1 Å². The second kappa shape index (κ2) is 6.17. The highest BCUT2D eigenvalue weighted by atomic mass is 35.5. The Labute approximate surface area is 117 Å². The van der Waals surface area contributed by atoms with Crippen molar-refractivity contribution in [2.45, 2.75) is 18.9 Å². The second-order valence-corrected chi connectivity index (χ2v) is 4.87. The molecule has 0 aliphatic carbocycles. The number of hydrogen-bond donors (Lipinski definition) is 1. The molecule has 102 valence electrons. The number of rotatable bonds is 5. The van der Waals surface area contributed by atoms with E-state index in [1.54, 1.807) is 18.3 Å². The molecule has 1 N–H and O–H groups in total. The number of aromatic nitrogens is 2. The monoisotopic (exact) mass is 281 g/mol. The van der Waals surface area contributed by atoms with Crippen molar-refractivity contribution in [3.05, 3.63) is 52.6 Å². The number of hydrogen-bond acceptors (Lipinski definition) is 2. The van der Waals surface area contributed by atoms with Crippen molar-refractivity contribution in [1.29, 1.82) is 0 Å². The van der Waals surface area contributed by atoms with E-state index in [1.807, 2.05) is 24.8 Å². The van der Waals surface area contributed by atoms with Crippen LogP contribution in [0, 0.1) is 5.82 Å². The zero-order chi connectivity index (χ0) is 13.8. The lowest BCUT2D eigenvalue weighted by Crippen LogP contribution is -2.19. The summed E-state index contributed by atoms with van der Waals surface area (Å²) in [6, 6.07) is 6.64. The van der Waals surface area contributed by atoms with Gasteiger partial charge in [-0.25, -0.2) is 4.39 Å². The van der Waals surface area contributed by atoms with E-state index in [0.29, 0.717) is 10.6 Å². The Morgan fingerprint density at radius 2 is 2.21 bits per heavy atom. The van der Waals surface area contributed by atoms with Crippen molar-refractivity contribution in [2.24, 2.45) is 7.05 Å². The number of benzene rings is 1.